The fourth-order valence-electron chi connectivity index (χ4n) is 4.48. The molecular weight excluding hydrogens is 389 g/mol. The lowest BCUT2D eigenvalue weighted by Crippen LogP contribution is -2.44. The summed E-state index contributed by atoms with van der Waals surface area (Å²) in [6.45, 7) is 0. The minimum absolute atomic E-state index is 0.143. The zero-order valence-electron chi connectivity index (χ0n) is 15.7. The quantitative estimate of drug-likeness (QED) is 0.513. The van der Waals surface area contributed by atoms with Crippen molar-refractivity contribution in [1.29, 1.82) is 0 Å². The van der Waals surface area contributed by atoms with E-state index < -0.39 is 41.4 Å². The van der Waals surface area contributed by atoms with Gasteiger partial charge in [-0.15, -0.1) is 0 Å². The number of aliphatic hydroxyl groups excluding tert-OH is 1. The monoisotopic (exact) mass is 407 g/mol. The highest BCUT2D eigenvalue weighted by Gasteiger charge is 2.69. The summed E-state index contributed by atoms with van der Waals surface area (Å²) in [5.74, 6) is -2.50. The van der Waals surface area contributed by atoms with E-state index in [4.69, 9.17) is 9.47 Å². The summed E-state index contributed by atoms with van der Waals surface area (Å²) in [4.78, 5) is 17.3. The van der Waals surface area contributed by atoms with Crippen molar-refractivity contribution in [1.82, 2.24) is 4.98 Å². The molecule has 1 aliphatic carbocycles. The van der Waals surface area contributed by atoms with Crippen molar-refractivity contribution in [3.05, 3.63) is 90.0 Å². The molecule has 0 radical (unpaired) electrons. The van der Waals surface area contributed by atoms with Gasteiger partial charge in [0, 0.05) is 12.1 Å². The van der Waals surface area contributed by atoms with E-state index in [0.717, 1.165) is 0 Å². The van der Waals surface area contributed by atoms with Crippen LogP contribution in [0.3, 0.4) is 0 Å². The van der Waals surface area contributed by atoms with Crippen LogP contribution in [0.4, 0.5) is 4.39 Å². The molecule has 2 N–H and O–H groups in total. The molecule has 152 valence electrons. The maximum Gasteiger partial charge on any atom is 0.317 e. The van der Waals surface area contributed by atoms with Crippen LogP contribution in [0.5, 0.6) is 11.5 Å². The van der Waals surface area contributed by atoms with E-state index in [1.165, 1.54) is 30.5 Å². The molecule has 7 heteroatoms. The van der Waals surface area contributed by atoms with Gasteiger partial charge in [0.2, 0.25) is 0 Å². The van der Waals surface area contributed by atoms with E-state index in [1.54, 1.807) is 24.3 Å². The number of pyridine rings is 1. The Bertz CT molecular complexity index is 1090. The van der Waals surface area contributed by atoms with Gasteiger partial charge in [0.25, 0.3) is 0 Å². The van der Waals surface area contributed by atoms with E-state index in [-0.39, 0.29) is 11.4 Å². The van der Waals surface area contributed by atoms with Crippen molar-refractivity contribution in [3.8, 4) is 11.5 Å². The third kappa shape index (κ3) is 2.70. The summed E-state index contributed by atoms with van der Waals surface area (Å²) >= 11 is 0. The highest BCUT2D eigenvalue weighted by atomic mass is 19.1. The number of carbonyl (C=O) groups excluding carboxylic acids is 1. The Morgan fingerprint density at radius 2 is 1.80 bits per heavy atom. The second-order valence-corrected chi connectivity index (χ2v) is 7.50. The van der Waals surface area contributed by atoms with Gasteiger partial charge in [0.05, 0.1) is 5.92 Å². The van der Waals surface area contributed by atoms with Crippen molar-refractivity contribution >= 4 is 5.97 Å². The first kappa shape index (κ1) is 18.7. The predicted octanol–water partition coefficient (Wildman–Crippen LogP) is 2.55. The summed E-state index contributed by atoms with van der Waals surface area (Å²) in [5, 5.41) is 22.7. The van der Waals surface area contributed by atoms with E-state index >= 15 is 0 Å². The van der Waals surface area contributed by atoms with E-state index in [2.05, 4.69) is 4.98 Å². The van der Waals surface area contributed by atoms with Crippen LogP contribution < -0.4 is 9.47 Å². The summed E-state index contributed by atoms with van der Waals surface area (Å²) in [6, 6.07) is 17.4. The Morgan fingerprint density at radius 3 is 2.53 bits per heavy atom. The van der Waals surface area contributed by atoms with Crippen molar-refractivity contribution in [2.75, 3.05) is 0 Å². The summed E-state index contributed by atoms with van der Waals surface area (Å²) < 4.78 is 24.6. The fourth-order valence-corrected chi connectivity index (χ4v) is 4.48. The van der Waals surface area contributed by atoms with Gasteiger partial charge in [-0.3, -0.25) is 9.78 Å². The van der Waals surface area contributed by atoms with Crippen molar-refractivity contribution in [3.63, 3.8) is 0 Å². The third-order valence-corrected chi connectivity index (χ3v) is 5.83. The number of hydrogen-bond acceptors (Lipinski definition) is 6. The van der Waals surface area contributed by atoms with Gasteiger partial charge in [-0.25, -0.2) is 4.39 Å². The maximum absolute atomic E-state index is 13.2. The lowest BCUT2D eigenvalue weighted by molar-refractivity contribution is -0.148. The Balaban J connectivity index is 1.57. The number of nitrogens with zero attached hydrogens (tertiary/aromatic N) is 1. The zero-order valence-corrected chi connectivity index (χ0v) is 15.7. The molecule has 2 heterocycles. The zero-order chi connectivity index (χ0) is 20.9. The lowest BCUT2D eigenvalue weighted by Gasteiger charge is -2.25. The van der Waals surface area contributed by atoms with Gasteiger partial charge in [-0.1, -0.05) is 30.3 Å². The molecule has 30 heavy (non-hydrogen) atoms. The number of fused-ring (bicyclic) bond motifs is 3. The molecule has 1 fully saturated rings. The molecule has 0 spiro atoms. The predicted molar refractivity (Wildman–Crippen MR) is 103 cm³/mol. The normalized spacial score (nSPS) is 29.0. The molecule has 2 aliphatic rings. The van der Waals surface area contributed by atoms with Crippen LogP contribution in [-0.2, 0) is 10.4 Å². The highest BCUT2D eigenvalue weighted by molar-refractivity contribution is 5.79. The molecule has 3 aromatic rings. The average molecular weight is 407 g/mol. The average Bonchev–Trinajstić information content (AvgIpc) is 3.18. The third-order valence-electron chi connectivity index (χ3n) is 5.83. The maximum atomic E-state index is 13.2. The number of hydrogen-bond donors (Lipinski definition) is 2. The molecule has 1 aliphatic heterocycles. The van der Waals surface area contributed by atoms with E-state index in [0.29, 0.717) is 11.3 Å². The van der Waals surface area contributed by atoms with Crippen LogP contribution in [0.15, 0.2) is 72.9 Å². The fraction of sp³-hybridized carbons (Fsp3) is 0.217. The number of benzene rings is 2. The van der Waals surface area contributed by atoms with Gasteiger partial charge < -0.3 is 19.7 Å². The van der Waals surface area contributed by atoms with Gasteiger partial charge >= 0.3 is 5.97 Å². The Kier molecular flexibility index (Phi) is 4.30. The molecule has 1 aromatic heterocycles. The number of aromatic nitrogens is 1. The van der Waals surface area contributed by atoms with Crippen LogP contribution >= 0.6 is 0 Å². The Morgan fingerprint density at radius 1 is 1.07 bits per heavy atom. The second-order valence-electron chi connectivity index (χ2n) is 7.50. The van der Waals surface area contributed by atoms with E-state index in [9.17, 15) is 19.4 Å². The molecule has 5 atom stereocenters. The summed E-state index contributed by atoms with van der Waals surface area (Å²) in [5.41, 5.74) is -0.962. The molecule has 0 amide bonds. The number of ether oxygens (including phenoxy) is 2. The second kappa shape index (κ2) is 6.90. The number of carbonyl (C=O) groups is 1. The van der Waals surface area contributed by atoms with Gasteiger partial charge in [0.1, 0.15) is 35.2 Å². The van der Waals surface area contributed by atoms with Crippen molar-refractivity contribution < 1.29 is 28.9 Å². The van der Waals surface area contributed by atoms with Crippen molar-refractivity contribution in [2.24, 2.45) is 5.92 Å². The molecule has 2 aromatic carbocycles. The number of rotatable bonds is 3. The lowest BCUT2D eigenvalue weighted by atomic mass is 9.87. The first-order chi connectivity index (χ1) is 14.5. The van der Waals surface area contributed by atoms with Crippen molar-refractivity contribution in [2.45, 2.75) is 23.7 Å². The minimum atomic E-state index is -1.87. The number of aliphatic hydroxyl groups is 2. The van der Waals surface area contributed by atoms with Crippen LogP contribution in [0.1, 0.15) is 17.2 Å². The largest absolute Gasteiger partial charge is 0.484 e. The van der Waals surface area contributed by atoms with Crippen LogP contribution in [0.25, 0.3) is 0 Å². The van der Waals surface area contributed by atoms with Crippen LogP contribution in [-0.4, -0.2) is 33.4 Å². The molecule has 5 rings (SSSR count). The highest BCUT2D eigenvalue weighted by Crippen LogP contribution is 2.57. The molecule has 6 nitrogen and oxygen atoms in total. The first-order valence-corrected chi connectivity index (χ1v) is 9.55. The minimum Gasteiger partial charge on any atom is -0.484 e. The van der Waals surface area contributed by atoms with Crippen LogP contribution in [0.2, 0.25) is 0 Å². The molecule has 5 unspecified atom stereocenters. The topological polar surface area (TPSA) is 88.9 Å². The number of halogens is 1. The molecule has 1 saturated carbocycles. The Labute approximate surface area is 171 Å². The summed E-state index contributed by atoms with van der Waals surface area (Å²) in [7, 11) is 0. The van der Waals surface area contributed by atoms with Gasteiger partial charge in [0.15, 0.2) is 5.60 Å². The van der Waals surface area contributed by atoms with Crippen LogP contribution in [0, 0.1) is 11.7 Å². The molecule has 0 bridgehead atoms. The smallest absolute Gasteiger partial charge is 0.317 e. The SMILES string of the molecule is O=C(Oc1ccc(F)cc1)C1C(c2ccccc2)C2Oc3cccnc3C2(O)C1O. The first-order valence-electron chi connectivity index (χ1n) is 9.55. The molecule has 0 saturated heterocycles. The van der Waals surface area contributed by atoms with E-state index in [1.807, 2.05) is 18.2 Å². The summed E-state index contributed by atoms with van der Waals surface area (Å²) in [6.07, 6.45) is -0.945. The standard InChI is InChI=1S/C23H18FNO5/c24-14-8-10-15(11-9-14)29-22(27)18-17(13-5-2-1-3-6-13)21-23(28,20(18)26)19-16(30-21)7-4-12-25-19/h1-12,17-18,20-21,26,28H. The number of esters is 1. The van der Waals surface area contributed by atoms with Gasteiger partial charge in [-0.05, 0) is 42.0 Å². The van der Waals surface area contributed by atoms with Gasteiger partial charge in [-0.2, -0.15) is 0 Å². The molecular formula is C23H18FNO5. The Hall–Kier alpha value is -3.29.